The molecule has 0 aliphatic heterocycles. The van der Waals surface area contributed by atoms with Crippen LogP contribution in [0.2, 0.25) is 0 Å². The summed E-state index contributed by atoms with van der Waals surface area (Å²) < 4.78 is 6.87. The van der Waals surface area contributed by atoms with E-state index in [-0.39, 0.29) is 18.1 Å². The van der Waals surface area contributed by atoms with Crippen molar-refractivity contribution in [2.75, 3.05) is 6.61 Å². The van der Waals surface area contributed by atoms with Crippen molar-refractivity contribution in [3.8, 4) is 0 Å². The smallest absolute Gasteiger partial charge is 0.326 e. The van der Waals surface area contributed by atoms with Gasteiger partial charge in [-0.25, -0.2) is 4.98 Å². The standard InChI is InChI=1S/C16H21N3O2/c1-5-21-15(20)11-19-13-9-7-6-8-12(13)18-14(19)10-17-16(2,3)4/h6-10H,5,11H2,1-4H3. The van der Waals surface area contributed by atoms with Crippen LogP contribution in [0, 0.1) is 0 Å². The Bertz CT molecular complexity index is 666. The molecule has 0 amide bonds. The highest BCUT2D eigenvalue weighted by Gasteiger charge is 2.14. The van der Waals surface area contributed by atoms with Crippen LogP contribution in [0.1, 0.15) is 33.5 Å². The molecular weight excluding hydrogens is 266 g/mol. The average Bonchev–Trinajstić information content (AvgIpc) is 2.74. The number of carbonyl (C=O) groups is 1. The van der Waals surface area contributed by atoms with Gasteiger partial charge in [0.15, 0.2) is 5.82 Å². The van der Waals surface area contributed by atoms with E-state index in [4.69, 9.17) is 4.74 Å². The van der Waals surface area contributed by atoms with Gasteiger partial charge in [0.2, 0.25) is 0 Å². The van der Waals surface area contributed by atoms with Crippen molar-refractivity contribution in [3.63, 3.8) is 0 Å². The van der Waals surface area contributed by atoms with Crippen LogP contribution in [-0.2, 0) is 16.1 Å². The lowest BCUT2D eigenvalue weighted by Gasteiger charge is -2.11. The third-order valence-corrected chi connectivity index (χ3v) is 2.84. The molecule has 1 aromatic carbocycles. The van der Waals surface area contributed by atoms with E-state index in [2.05, 4.69) is 9.98 Å². The monoisotopic (exact) mass is 287 g/mol. The Morgan fingerprint density at radius 1 is 1.38 bits per heavy atom. The number of hydrogen-bond acceptors (Lipinski definition) is 4. The number of carbonyl (C=O) groups excluding carboxylic acids is 1. The minimum absolute atomic E-state index is 0.139. The molecule has 0 aliphatic carbocycles. The van der Waals surface area contributed by atoms with E-state index in [0.29, 0.717) is 12.4 Å². The van der Waals surface area contributed by atoms with Crippen molar-refractivity contribution in [1.82, 2.24) is 9.55 Å². The first-order valence-electron chi connectivity index (χ1n) is 7.07. The van der Waals surface area contributed by atoms with Gasteiger partial charge < -0.3 is 9.30 Å². The number of fused-ring (bicyclic) bond motifs is 1. The molecule has 0 bridgehead atoms. The Balaban J connectivity index is 2.43. The highest BCUT2D eigenvalue weighted by Crippen LogP contribution is 2.16. The van der Waals surface area contributed by atoms with Crippen molar-refractivity contribution in [2.45, 2.75) is 39.8 Å². The molecule has 112 valence electrons. The second-order valence-electron chi connectivity index (χ2n) is 5.78. The second kappa shape index (κ2) is 6.08. The molecule has 1 heterocycles. The van der Waals surface area contributed by atoms with Crippen molar-refractivity contribution in [2.24, 2.45) is 4.99 Å². The molecule has 0 saturated heterocycles. The summed E-state index contributed by atoms with van der Waals surface area (Å²) in [4.78, 5) is 20.8. The first-order valence-corrected chi connectivity index (χ1v) is 7.07. The lowest BCUT2D eigenvalue weighted by Crippen LogP contribution is -2.16. The predicted molar refractivity (Wildman–Crippen MR) is 83.7 cm³/mol. The molecule has 0 atom stereocenters. The molecular formula is C16H21N3O2. The molecule has 0 aliphatic rings. The lowest BCUT2D eigenvalue weighted by atomic mass is 10.1. The number of ether oxygens (including phenoxy) is 1. The van der Waals surface area contributed by atoms with Crippen LogP contribution in [-0.4, -0.2) is 33.9 Å². The molecule has 0 saturated carbocycles. The minimum Gasteiger partial charge on any atom is -0.465 e. The Morgan fingerprint density at radius 3 is 2.76 bits per heavy atom. The van der Waals surface area contributed by atoms with Gasteiger partial charge in [-0.2, -0.15) is 0 Å². The molecule has 0 spiro atoms. The number of imidazole rings is 1. The largest absolute Gasteiger partial charge is 0.465 e. The molecule has 5 nitrogen and oxygen atoms in total. The highest BCUT2D eigenvalue weighted by molar-refractivity contribution is 5.86. The Labute approximate surface area is 124 Å². The number of aliphatic imine (C=N–C) groups is 1. The van der Waals surface area contributed by atoms with Crippen molar-refractivity contribution in [1.29, 1.82) is 0 Å². The van der Waals surface area contributed by atoms with Crippen LogP contribution in [0.5, 0.6) is 0 Å². The third kappa shape index (κ3) is 3.90. The summed E-state index contributed by atoms with van der Waals surface area (Å²) >= 11 is 0. The Kier molecular flexibility index (Phi) is 4.40. The molecule has 2 aromatic rings. The summed E-state index contributed by atoms with van der Waals surface area (Å²) in [6.45, 7) is 8.36. The van der Waals surface area contributed by atoms with Gasteiger partial charge in [-0.3, -0.25) is 9.79 Å². The number of rotatable bonds is 4. The quantitative estimate of drug-likeness (QED) is 0.642. The van der Waals surface area contributed by atoms with Crippen molar-refractivity contribution < 1.29 is 9.53 Å². The first-order chi connectivity index (χ1) is 9.90. The van der Waals surface area contributed by atoms with E-state index in [0.717, 1.165) is 11.0 Å². The number of hydrogen-bond donors (Lipinski definition) is 0. The van der Waals surface area contributed by atoms with Crippen LogP contribution in [0.25, 0.3) is 11.0 Å². The van der Waals surface area contributed by atoms with E-state index >= 15 is 0 Å². The number of para-hydroxylation sites is 2. The summed E-state index contributed by atoms with van der Waals surface area (Å²) in [5.74, 6) is 0.394. The molecule has 1 aromatic heterocycles. The van der Waals surface area contributed by atoms with E-state index in [9.17, 15) is 4.79 Å². The summed E-state index contributed by atoms with van der Waals surface area (Å²) in [5.41, 5.74) is 1.56. The molecule has 0 unspecified atom stereocenters. The molecule has 0 N–H and O–H groups in total. The van der Waals surface area contributed by atoms with E-state index in [1.807, 2.05) is 49.6 Å². The second-order valence-corrected chi connectivity index (χ2v) is 5.78. The lowest BCUT2D eigenvalue weighted by molar-refractivity contribution is -0.143. The fourth-order valence-corrected chi connectivity index (χ4v) is 1.95. The summed E-state index contributed by atoms with van der Waals surface area (Å²) in [6, 6.07) is 7.71. The Morgan fingerprint density at radius 2 is 2.10 bits per heavy atom. The fraction of sp³-hybridized carbons (Fsp3) is 0.438. The maximum atomic E-state index is 11.8. The van der Waals surface area contributed by atoms with Gasteiger partial charge in [0.05, 0.1) is 29.4 Å². The van der Waals surface area contributed by atoms with Gasteiger partial charge in [-0.05, 0) is 39.8 Å². The number of aromatic nitrogens is 2. The highest BCUT2D eigenvalue weighted by atomic mass is 16.5. The van der Waals surface area contributed by atoms with Crippen molar-refractivity contribution in [3.05, 3.63) is 30.1 Å². The van der Waals surface area contributed by atoms with Gasteiger partial charge in [-0.15, -0.1) is 0 Å². The van der Waals surface area contributed by atoms with Crippen LogP contribution < -0.4 is 0 Å². The van der Waals surface area contributed by atoms with E-state index in [1.165, 1.54) is 0 Å². The van der Waals surface area contributed by atoms with Gasteiger partial charge in [0.25, 0.3) is 0 Å². The van der Waals surface area contributed by atoms with Gasteiger partial charge >= 0.3 is 5.97 Å². The van der Waals surface area contributed by atoms with Gasteiger partial charge in [-0.1, -0.05) is 12.1 Å². The average molecular weight is 287 g/mol. The number of nitrogens with zero attached hydrogens (tertiary/aromatic N) is 3. The Hall–Kier alpha value is -2.17. The zero-order chi connectivity index (χ0) is 15.5. The van der Waals surface area contributed by atoms with Gasteiger partial charge in [0.1, 0.15) is 6.54 Å². The minimum atomic E-state index is -0.272. The number of esters is 1. The van der Waals surface area contributed by atoms with Crippen molar-refractivity contribution >= 4 is 23.2 Å². The topological polar surface area (TPSA) is 56.5 Å². The maximum absolute atomic E-state index is 11.8. The predicted octanol–water partition coefficient (Wildman–Crippen LogP) is 2.82. The zero-order valence-corrected chi connectivity index (χ0v) is 13.0. The van der Waals surface area contributed by atoms with Gasteiger partial charge in [0, 0.05) is 0 Å². The van der Waals surface area contributed by atoms with Crippen LogP contribution in [0.3, 0.4) is 0 Å². The molecule has 0 fully saturated rings. The number of benzene rings is 1. The maximum Gasteiger partial charge on any atom is 0.326 e. The van der Waals surface area contributed by atoms with E-state index in [1.54, 1.807) is 13.1 Å². The molecule has 21 heavy (non-hydrogen) atoms. The normalized spacial score (nSPS) is 12.2. The molecule has 5 heteroatoms. The molecule has 0 radical (unpaired) electrons. The fourth-order valence-electron chi connectivity index (χ4n) is 1.95. The SMILES string of the molecule is CCOC(=O)Cn1c(C=NC(C)(C)C)nc2ccccc21. The zero-order valence-electron chi connectivity index (χ0n) is 13.0. The summed E-state index contributed by atoms with van der Waals surface area (Å²) in [6.07, 6.45) is 1.72. The van der Waals surface area contributed by atoms with Crippen LogP contribution in [0.15, 0.2) is 29.3 Å². The summed E-state index contributed by atoms with van der Waals surface area (Å²) in [5, 5.41) is 0. The van der Waals surface area contributed by atoms with Crippen LogP contribution >= 0.6 is 0 Å². The van der Waals surface area contributed by atoms with E-state index < -0.39 is 0 Å². The molecule has 2 rings (SSSR count). The summed E-state index contributed by atoms with van der Waals surface area (Å²) in [7, 11) is 0. The van der Waals surface area contributed by atoms with Crippen LogP contribution in [0.4, 0.5) is 0 Å². The first kappa shape index (κ1) is 15.2. The third-order valence-electron chi connectivity index (χ3n) is 2.84.